The van der Waals surface area contributed by atoms with Gasteiger partial charge < -0.3 is 45.5 Å². The fraction of sp³-hybridized carbons (Fsp3) is 0.364. The van der Waals surface area contributed by atoms with E-state index in [0.29, 0.717) is 54.1 Å². The number of ether oxygens (including phenoxy) is 3. The smallest absolute Gasteiger partial charge is 0.233 e. The maximum absolute atomic E-state index is 10.7. The maximum atomic E-state index is 10.7. The molecular formula is C33H42N6O6. The SMILES string of the molecule is CCCCOc1ccc(Nc2nc(Nc3ccc(OCCCC)cc3O)nc(Nc3ccc(OCCCC)cc3O)n2)c(O)c1. The lowest BCUT2D eigenvalue weighted by atomic mass is 10.2. The first kappa shape index (κ1) is 32.8. The van der Waals surface area contributed by atoms with Gasteiger partial charge in [0.1, 0.15) is 34.5 Å². The van der Waals surface area contributed by atoms with Crippen LogP contribution in [0.5, 0.6) is 34.5 Å². The molecule has 0 aliphatic heterocycles. The number of phenols is 3. The Morgan fingerprint density at radius 2 is 0.778 bits per heavy atom. The lowest BCUT2D eigenvalue weighted by Gasteiger charge is -2.14. The molecule has 12 heteroatoms. The topological polar surface area (TPSA) is 163 Å². The molecule has 0 aliphatic rings. The number of unbranched alkanes of at least 4 members (excludes halogenated alkanes) is 3. The number of nitrogens with zero attached hydrogens (tertiary/aromatic N) is 3. The molecule has 0 radical (unpaired) electrons. The predicted molar refractivity (Wildman–Crippen MR) is 175 cm³/mol. The Bertz CT molecular complexity index is 1340. The van der Waals surface area contributed by atoms with Crippen molar-refractivity contribution in [2.45, 2.75) is 59.3 Å². The fourth-order valence-corrected chi connectivity index (χ4v) is 4.03. The molecule has 12 nitrogen and oxygen atoms in total. The van der Waals surface area contributed by atoms with Crippen molar-refractivity contribution >= 4 is 34.9 Å². The summed E-state index contributed by atoms with van der Waals surface area (Å²) in [4.78, 5) is 13.3. The van der Waals surface area contributed by atoms with Gasteiger partial charge in [-0.3, -0.25) is 0 Å². The standard InChI is InChI=1S/C33H42N6O6/c1-4-7-16-43-22-10-13-25(28(40)19-22)34-31-37-32(35-26-14-11-23(20-29(26)41)44-17-8-5-2)39-33(38-31)36-27-15-12-24(21-30(27)42)45-18-9-6-3/h10-15,19-21,40-42H,4-9,16-18H2,1-3H3,(H3,34,35,36,37,38,39). The average Bonchev–Trinajstić information content (AvgIpc) is 3.01. The first-order valence-electron chi connectivity index (χ1n) is 15.3. The minimum Gasteiger partial charge on any atom is -0.506 e. The van der Waals surface area contributed by atoms with Crippen molar-refractivity contribution in [3.8, 4) is 34.5 Å². The minimum atomic E-state index is -0.0546. The fourth-order valence-electron chi connectivity index (χ4n) is 4.03. The zero-order valence-corrected chi connectivity index (χ0v) is 26.0. The summed E-state index contributed by atoms with van der Waals surface area (Å²) in [6, 6.07) is 14.7. The third kappa shape index (κ3) is 9.95. The Balaban J connectivity index is 1.59. The van der Waals surface area contributed by atoms with E-state index >= 15 is 0 Å². The molecule has 0 unspecified atom stereocenters. The van der Waals surface area contributed by atoms with Gasteiger partial charge in [0, 0.05) is 18.2 Å². The van der Waals surface area contributed by atoms with E-state index in [4.69, 9.17) is 14.2 Å². The number of rotatable bonds is 18. The number of hydrogen-bond acceptors (Lipinski definition) is 12. The molecular weight excluding hydrogens is 576 g/mol. The molecule has 1 heterocycles. The number of aromatic nitrogens is 3. The Labute approximate surface area is 263 Å². The van der Waals surface area contributed by atoms with Crippen molar-refractivity contribution in [2.24, 2.45) is 0 Å². The zero-order chi connectivity index (χ0) is 32.0. The number of nitrogens with one attached hydrogen (secondary N) is 3. The molecule has 6 N–H and O–H groups in total. The molecule has 0 amide bonds. The monoisotopic (exact) mass is 618 g/mol. The largest absolute Gasteiger partial charge is 0.506 e. The number of hydrogen-bond donors (Lipinski definition) is 6. The molecule has 4 aromatic rings. The highest BCUT2D eigenvalue weighted by Crippen LogP contribution is 2.34. The lowest BCUT2D eigenvalue weighted by molar-refractivity contribution is 0.307. The van der Waals surface area contributed by atoms with E-state index in [1.54, 1.807) is 36.4 Å². The van der Waals surface area contributed by atoms with Crippen molar-refractivity contribution in [1.29, 1.82) is 0 Å². The van der Waals surface area contributed by atoms with E-state index in [2.05, 4.69) is 51.7 Å². The van der Waals surface area contributed by atoms with Gasteiger partial charge in [-0.25, -0.2) is 0 Å². The molecule has 0 fully saturated rings. The average molecular weight is 619 g/mol. The summed E-state index contributed by atoms with van der Waals surface area (Å²) < 4.78 is 17.0. The molecule has 1 aromatic heterocycles. The highest BCUT2D eigenvalue weighted by Gasteiger charge is 2.14. The molecule has 0 atom stereocenters. The molecule has 0 aliphatic carbocycles. The first-order valence-corrected chi connectivity index (χ1v) is 15.3. The molecule has 0 saturated carbocycles. The van der Waals surface area contributed by atoms with Crippen LogP contribution in [0, 0.1) is 0 Å². The van der Waals surface area contributed by atoms with Crippen LogP contribution in [0.4, 0.5) is 34.9 Å². The molecule has 0 saturated heterocycles. The highest BCUT2D eigenvalue weighted by molar-refractivity contribution is 5.69. The van der Waals surface area contributed by atoms with Crippen LogP contribution in [0.2, 0.25) is 0 Å². The minimum absolute atomic E-state index is 0.0546. The number of anilines is 6. The Morgan fingerprint density at radius 1 is 0.489 bits per heavy atom. The van der Waals surface area contributed by atoms with Gasteiger partial charge in [0.25, 0.3) is 0 Å². The lowest BCUT2D eigenvalue weighted by Crippen LogP contribution is -2.08. The van der Waals surface area contributed by atoms with Crippen molar-refractivity contribution in [1.82, 2.24) is 15.0 Å². The van der Waals surface area contributed by atoms with E-state index < -0.39 is 0 Å². The van der Waals surface area contributed by atoms with Gasteiger partial charge in [-0.1, -0.05) is 40.0 Å². The van der Waals surface area contributed by atoms with E-state index in [1.807, 2.05) is 0 Å². The van der Waals surface area contributed by atoms with Crippen LogP contribution in [0.1, 0.15) is 59.3 Å². The summed E-state index contributed by atoms with van der Waals surface area (Å²) in [6.07, 6.45) is 5.73. The third-order valence-electron chi connectivity index (χ3n) is 6.58. The van der Waals surface area contributed by atoms with Gasteiger partial charge in [0.15, 0.2) is 0 Å². The second-order valence-electron chi connectivity index (χ2n) is 10.3. The van der Waals surface area contributed by atoms with Crippen LogP contribution < -0.4 is 30.2 Å². The van der Waals surface area contributed by atoms with Crippen molar-refractivity contribution in [3.63, 3.8) is 0 Å². The third-order valence-corrected chi connectivity index (χ3v) is 6.58. The molecule has 3 aromatic carbocycles. The van der Waals surface area contributed by atoms with Crippen LogP contribution in [0.3, 0.4) is 0 Å². The van der Waals surface area contributed by atoms with Gasteiger partial charge in [-0.2, -0.15) is 15.0 Å². The molecule has 4 rings (SSSR count). The first-order chi connectivity index (χ1) is 21.9. The zero-order valence-electron chi connectivity index (χ0n) is 26.0. The van der Waals surface area contributed by atoms with E-state index in [0.717, 1.165) is 38.5 Å². The number of phenolic OH excluding ortho intramolecular Hbond substituents is 3. The summed E-state index contributed by atoms with van der Waals surface area (Å²) in [6.45, 7) is 7.89. The second-order valence-corrected chi connectivity index (χ2v) is 10.3. The molecule has 240 valence electrons. The van der Waals surface area contributed by atoms with E-state index in [-0.39, 0.29) is 35.1 Å². The van der Waals surface area contributed by atoms with Gasteiger partial charge in [0.05, 0.1) is 36.9 Å². The Kier molecular flexibility index (Phi) is 12.1. The van der Waals surface area contributed by atoms with Crippen LogP contribution in [-0.2, 0) is 0 Å². The van der Waals surface area contributed by atoms with Crippen LogP contribution in [0.25, 0.3) is 0 Å². The van der Waals surface area contributed by atoms with Gasteiger partial charge in [-0.05, 0) is 55.7 Å². The maximum Gasteiger partial charge on any atom is 0.233 e. The normalized spacial score (nSPS) is 10.7. The summed E-state index contributed by atoms with van der Waals surface area (Å²) in [5.74, 6) is 1.73. The van der Waals surface area contributed by atoms with Gasteiger partial charge in [-0.15, -0.1) is 0 Å². The van der Waals surface area contributed by atoms with E-state index in [1.165, 1.54) is 18.2 Å². The Hall–Kier alpha value is -5.13. The predicted octanol–water partition coefficient (Wildman–Crippen LogP) is 7.76. The molecule has 0 bridgehead atoms. The van der Waals surface area contributed by atoms with Gasteiger partial charge in [0.2, 0.25) is 17.8 Å². The van der Waals surface area contributed by atoms with Gasteiger partial charge >= 0.3 is 0 Å². The summed E-state index contributed by atoms with van der Waals surface area (Å²) in [5, 5.41) is 41.0. The van der Waals surface area contributed by atoms with E-state index in [9.17, 15) is 15.3 Å². The quantitative estimate of drug-likeness (QED) is 0.0475. The van der Waals surface area contributed by atoms with Crippen molar-refractivity contribution < 1.29 is 29.5 Å². The summed E-state index contributed by atoms with van der Waals surface area (Å²) >= 11 is 0. The summed E-state index contributed by atoms with van der Waals surface area (Å²) in [7, 11) is 0. The Morgan fingerprint density at radius 3 is 1.02 bits per heavy atom. The highest BCUT2D eigenvalue weighted by atomic mass is 16.5. The molecule has 0 spiro atoms. The molecule has 45 heavy (non-hydrogen) atoms. The summed E-state index contributed by atoms with van der Waals surface area (Å²) in [5.41, 5.74) is 1.02. The van der Waals surface area contributed by atoms with Crippen LogP contribution >= 0.6 is 0 Å². The van der Waals surface area contributed by atoms with Crippen molar-refractivity contribution in [2.75, 3.05) is 35.8 Å². The van der Waals surface area contributed by atoms with Crippen LogP contribution in [0.15, 0.2) is 54.6 Å². The number of aromatic hydroxyl groups is 3. The number of benzene rings is 3. The second kappa shape index (κ2) is 16.6. The van der Waals surface area contributed by atoms with Crippen LogP contribution in [-0.4, -0.2) is 50.1 Å². The van der Waals surface area contributed by atoms with Crippen molar-refractivity contribution in [3.05, 3.63) is 54.6 Å².